The molecular formula is C17H29N3. The van der Waals surface area contributed by atoms with Gasteiger partial charge in [0.25, 0.3) is 0 Å². The Morgan fingerprint density at radius 1 is 1.25 bits per heavy atom. The van der Waals surface area contributed by atoms with Crippen molar-refractivity contribution in [2.75, 3.05) is 13.1 Å². The first-order chi connectivity index (χ1) is 9.51. The zero-order valence-corrected chi connectivity index (χ0v) is 13.4. The zero-order valence-electron chi connectivity index (χ0n) is 13.4. The molecule has 0 bridgehead atoms. The number of hydrogen-bond donors (Lipinski definition) is 2. The molecular weight excluding hydrogens is 246 g/mol. The third-order valence-electron chi connectivity index (χ3n) is 4.17. The Kier molecular flexibility index (Phi) is 6.73. The topological polar surface area (TPSA) is 53.1 Å². The second kappa shape index (κ2) is 8.05. The molecule has 0 heterocycles. The number of aryl methyl sites for hydroxylation is 1. The minimum atomic E-state index is 0.143. The molecule has 0 aliphatic carbocycles. The van der Waals surface area contributed by atoms with Crippen LogP contribution in [0, 0.1) is 18.3 Å². The van der Waals surface area contributed by atoms with E-state index in [1.54, 1.807) is 0 Å². The predicted molar refractivity (Wildman–Crippen MR) is 87.2 cm³/mol. The summed E-state index contributed by atoms with van der Waals surface area (Å²) in [7, 11) is 0. The fourth-order valence-electron chi connectivity index (χ4n) is 2.50. The average Bonchev–Trinajstić information content (AvgIpc) is 2.44. The molecule has 0 aliphatic heterocycles. The van der Waals surface area contributed by atoms with Crippen LogP contribution in [0.15, 0.2) is 18.2 Å². The minimum Gasteiger partial charge on any atom is -0.384 e. The summed E-state index contributed by atoms with van der Waals surface area (Å²) in [5.74, 6) is 0.927. The van der Waals surface area contributed by atoms with Crippen LogP contribution in [0.5, 0.6) is 0 Å². The highest BCUT2D eigenvalue weighted by Crippen LogP contribution is 2.16. The van der Waals surface area contributed by atoms with Crippen molar-refractivity contribution in [2.24, 2.45) is 11.7 Å². The molecule has 0 atom stereocenters. The van der Waals surface area contributed by atoms with Crippen LogP contribution in [0.1, 0.15) is 50.3 Å². The summed E-state index contributed by atoms with van der Waals surface area (Å²) in [6.45, 7) is 12.1. The van der Waals surface area contributed by atoms with E-state index >= 15 is 0 Å². The van der Waals surface area contributed by atoms with Crippen molar-refractivity contribution in [3.05, 3.63) is 34.9 Å². The predicted octanol–water partition coefficient (Wildman–Crippen LogP) is 3.54. The Morgan fingerprint density at radius 2 is 1.90 bits per heavy atom. The summed E-state index contributed by atoms with van der Waals surface area (Å²) in [6.07, 6.45) is 2.49. The van der Waals surface area contributed by atoms with Crippen molar-refractivity contribution in [3.63, 3.8) is 0 Å². The lowest BCUT2D eigenvalue weighted by molar-refractivity contribution is 0.226. The maximum Gasteiger partial charge on any atom is 0.122 e. The van der Waals surface area contributed by atoms with Crippen LogP contribution in [-0.2, 0) is 6.54 Å². The van der Waals surface area contributed by atoms with Gasteiger partial charge in [-0.05, 0) is 36.6 Å². The molecule has 0 amide bonds. The molecule has 0 unspecified atom stereocenters. The highest BCUT2D eigenvalue weighted by molar-refractivity contribution is 5.95. The molecule has 1 aromatic rings. The molecule has 0 saturated carbocycles. The lowest BCUT2D eigenvalue weighted by Crippen LogP contribution is -2.29. The Bertz CT molecular complexity index is 436. The maximum atomic E-state index is 7.49. The van der Waals surface area contributed by atoms with Gasteiger partial charge in [0.2, 0.25) is 0 Å². The molecule has 0 fully saturated rings. The van der Waals surface area contributed by atoms with Crippen LogP contribution in [0.25, 0.3) is 0 Å². The van der Waals surface area contributed by atoms with Gasteiger partial charge in [-0.3, -0.25) is 10.3 Å². The highest BCUT2D eigenvalue weighted by Gasteiger charge is 2.12. The summed E-state index contributed by atoms with van der Waals surface area (Å²) in [5, 5.41) is 7.49. The van der Waals surface area contributed by atoms with E-state index in [-0.39, 0.29) is 5.84 Å². The average molecular weight is 275 g/mol. The summed E-state index contributed by atoms with van der Waals surface area (Å²) < 4.78 is 0. The summed E-state index contributed by atoms with van der Waals surface area (Å²) in [4.78, 5) is 2.51. The van der Waals surface area contributed by atoms with E-state index in [1.807, 2.05) is 12.1 Å². The second-order valence-corrected chi connectivity index (χ2v) is 5.57. The number of nitrogens with zero attached hydrogens (tertiary/aromatic N) is 1. The third kappa shape index (κ3) is 4.64. The van der Waals surface area contributed by atoms with Crippen LogP contribution in [0.2, 0.25) is 0 Å². The van der Waals surface area contributed by atoms with Crippen LogP contribution >= 0.6 is 0 Å². The quantitative estimate of drug-likeness (QED) is 0.563. The molecule has 1 aromatic carbocycles. The van der Waals surface area contributed by atoms with Crippen LogP contribution in [-0.4, -0.2) is 23.8 Å². The molecule has 3 N–H and O–H groups in total. The molecule has 20 heavy (non-hydrogen) atoms. The van der Waals surface area contributed by atoms with Crippen LogP contribution in [0.3, 0.4) is 0 Å². The SMILES string of the molecule is CCC(CC)CN(CC)Cc1ccc(C(=N)N)cc1C. The van der Waals surface area contributed by atoms with Gasteiger partial charge in [0.1, 0.15) is 5.84 Å². The summed E-state index contributed by atoms with van der Waals surface area (Å²) >= 11 is 0. The maximum absolute atomic E-state index is 7.49. The lowest BCUT2D eigenvalue weighted by atomic mass is 10.0. The standard InChI is InChI=1S/C17H29N3/c1-5-14(6-2)11-20(7-3)12-16-9-8-15(17(18)19)10-13(16)4/h8-10,14H,5-7,11-12H2,1-4H3,(H3,18,19). The summed E-state index contributed by atoms with van der Waals surface area (Å²) in [6, 6.07) is 6.08. The van der Waals surface area contributed by atoms with E-state index in [0.717, 1.165) is 31.1 Å². The van der Waals surface area contributed by atoms with Crippen molar-refractivity contribution in [2.45, 2.75) is 47.1 Å². The molecule has 0 spiro atoms. The van der Waals surface area contributed by atoms with Crippen molar-refractivity contribution < 1.29 is 0 Å². The number of hydrogen-bond acceptors (Lipinski definition) is 2. The Hall–Kier alpha value is -1.35. The van der Waals surface area contributed by atoms with Crippen molar-refractivity contribution in [1.29, 1.82) is 5.41 Å². The van der Waals surface area contributed by atoms with E-state index in [2.05, 4.69) is 38.7 Å². The van der Waals surface area contributed by atoms with Crippen molar-refractivity contribution in [1.82, 2.24) is 4.90 Å². The number of nitrogen functional groups attached to an aromatic ring is 1. The van der Waals surface area contributed by atoms with Gasteiger partial charge in [-0.25, -0.2) is 0 Å². The molecule has 0 saturated heterocycles. The van der Waals surface area contributed by atoms with Crippen molar-refractivity contribution >= 4 is 5.84 Å². The monoisotopic (exact) mass is 275 g/mol. The molecule has 1 rings (SSSR count). The second-order valence-electron chi connectivity index (χ2n) is 5.57. The van der Waals surface area contributed by atoms with Crippen LogP contribution < -0.4 is 5.73 Å². The van der Waals surface area contributed by atoms with E-state index in [1.165, 1.54) is 24.0 Å². The summed E-state index contributed by atoms with van der Waals surface area (Å²) in [5.41, 5.74) is 8.91. The first kappa shape index (κ1) is 16.7. The zero-order chi connectivity index (χ0) is 15.1. The first-order valence-electron chi connectivity index (χ1n) is 7.68. The number of amidine groups is 1. The van der Waals surface area contributed by atoms with Gasteiger partial charge < -0.3 is 5.73 Å². The Balaban J connectivity index is 2.77. The van der Waals surface area contributed by atoms with Crippen molar-refractivity contribution in [3.8, 4) is 0 Å². The number of nitrogens with one attached hydrogen (secondary N) is 1. The molecule has 3 nitrogen and oxygen atoms in total. The van der Waals surface area contributed by atoms with Gasteiger partial charge in [0.15, 0.2) is 0 Å². The lowest BCUT2D eigenvalue weighted by Gasteiger charge is -2.26. The molecule has 0 radical (unpaired) electrons. The van der Waals surface area contributed by atoms with Gasteiger partial charge >= 0.3 is 0 Å². The molecule has 3 heteroatoms. The largest absolute Gasteiger partial charge is 0.384 e. The van der Waals surface area contributed by atoms with E-state index in [4.69, 9.17) is 11.1 Å². The fraction of sp³-hybridized carbons (Fsp3) is 0.588. The number of benzene rings is 1. The fourth-order valence-corrected chi connectivity index (χ4v) is 2.50. The normalized spacial score (nSPS) is 11.3. The molecule has 112 valence electrons. The van der Waals surface area contributed by atoms with Gasteiger partial charge in [-0.2, -0.15) is 0 Å². The van der Waals surface area contributed by atoms with Gasteiger partial charge in [0, 0.05) is 18.7 Å². The van der Waals surface area contributed by atoms with Gasteiger partial charge in [-0.15, -0.1) is 0 Å². The minimum absolute atomic E-state index is 0.143. The smallest absolute Gasteiger partial charge is 0.122 e. The van der Waals surface area contributed by atoms with Gasteiger partial charge in [-0.1, -0.05) is 45.7 Å². The Labute approximate surface area is 123 Å². The molecule has 0 aromatic heterocycles. The Morgan fingerprint density at radius 3 is 2.35 bits per heavy atom. The third-order valence-corrected chi connectivity index (χ3v) is 4.17. The van der Waals surface area contributed by atoms with Gasteiger partial charge in [0.05, 0.1) is 0 Å². The van der Waals surface area contributed by atoms with E-state index in [0.29, 0.717) is 0 Å². The molecule has 0 aliphatic rings. The number of nitrogens with two attached hydrogens (primary N) is 1. The van der Waals surface area contributed by atoms with Crippen LogP contribution in [0.4, 0.5) is 0 Å². The first-order valence-corrected chi connectivity index (χ1v) is 7.68. The number of rotatable bonds is 8. The van der Waals surface area contributed by atoms with E-state index in [9.17, 15) is 0 Å². The van der Waals surface area contributed by atoms with E-state index < -0.39 is 0 Å². The highest BCUT2D eigenvalue weighted by atomic mass is 15.1.